The third kappa shape index (κ3) is 6.17. The number of nitrogens with zero attached hydrogens (tertiary/aromatic N) is 4. The first-order valence-electron chi connectivity index (χ1n) is 13.8. The fourth-order valence-corrected chi connectivity index (χ4v) is 5.75. The lowest BCUT2D eigenvalue weighted by molar-refractivity contribution is 0.102. The van der Waals surface area contributed by atoms with Gasteiger partial charge in [0, 0.05) is 34.9 Å². The topological polar surface area (TPSA) is 103 Å². The Hall–Kier alpha value is -4.44. The number of aryl methyl sites for hydroxylation is 1. The van der Waals surface area contributed by atoms with Gasteiger partial charge in [-0.05, 0) is 61.7 Å². The summed E-state index contributed by atoms with van der Waals surface area (Å²) >= 11 is 1.44. The Bertz CT molecular complexity index is 1640. The van der Waals surface area contributed by atoms with Crippen LogP contribution in [0.4, 0.5) is 10.9 Å². The quantitative estimate of drug-likeness (QED) is 0.197. The van der Waals surface area contributed by atoms with Crippen LogP contribution in [0, 0.1) is 6.92 Å². The van der Waals surface area contributed by atoms with Crippen molar-refractivity contribution in [3.8, 4) is 17.2 Å². The van der Waals surface area contributed by atoms with E-state index in [2.05, 4.69) is 15.6 Å². The SMILES string of the molecule is COc1ccc(Cn2nc(NC3CCCCC3)c3c(Oc4ccc(C(=O)Nc5ncc(C)s5)cc4)ccnc32)cc1. The van der Waals surface area contributed by atoms with E-state index < -0.39 is 0 Å². The third-order valence-electron chi connectivity index (χ3n) is 7.22. The van der Waals surface area contributed by atoms with Crippen LogP contribution in [0.25, 0.3) is 11.0 Å². The van der Waals surface area contributed by atoms with Crippen molar-refractivity contribution < 1.29 is 14.3 Å². The van der Waals surface area contributed by atoms with E-state index in [0.717, 1.165) is 45.9 Å². The maximum absolute atomic E-state index is 12.7. The van der Waals surface area contributed by atoms with Crippen LogP contribution < -0.4 is 20.1 Å². The molecule has 1 fully saturated rings. The highest BCUT2D eigenvalue weighted by atomic mass is 32.1. The predicted octanol–water partition coefficient (Wildman–Crippen LogP) is 7.04. The van der Waals surface area contributed by atoms with Crippen LogP contribution in [0.3, 0.4) is 0 Å². The molecule has 5 aromatic rings. The molecule has 0 saturated heterocycles. The van der Waals surface area contributed by atoms with E-state index in [9.17, 15) is 4.79 Å². The second-order valence-corrected chi connectivity index (χ2v) is 11.4. The van der Waals surface area contributed by atoms with E-state index in [0.29, 0.717) is 34.8 Å². The van der Waals surface area contributed by atoms with Crippen LogP contribution in [0.1, 0.15) is 52.9 Å². The molecule has 10 heteroatoms. The van der Waals surface area contributed by atoms with Gasteiger partial charge in [-0.15, -0.1) is 11.3 Å². The number of methoxy groups -OCH3 is 1. The summed E-state index contributed by atoms with van der Waals surface area (Å²) in [7, 11) is 1.66. The van der Waals surface area contributed by atoms with Gasteiger partial charge >= 0.3 is 0 Å². The van der Waals surface area contributed by atoms with Crippen molar-refractivity contribution in [3.05, 3.63) is 83.0 Å². The average molecular weight is 569 g/mol. The molecular weight excluding hydrogens is 536 g/mol. The molecule has 2 aromatic carbocycles. The monoisotopic (exact) mass is 568 g/mol. The largest absolute Gasteiger partial charge is 0.497 e. The van der Waals surface area contributed by atoms with E-state index in [1.54, 1.807) is 43.8 Å². The summed E-state index contributed by atoms with van der Waals surface area (Å²) in [6, 6.07) is 17.3. The molecule has 3 heterocycles. The van der Waals surface area contributed by atoms with E-state index in [1.165, 1.54) is 30.6 Å². The zero-order valence-electron chi connectivity index (χ0n) is 23.1. The number of rotatable bonds is 9. The molecule has 6 rings (SSSR count). The normalized spacial score (nSPS) is 13.7. The lowest BCUT2D eigenvalue weighted by Gasteiger charge is -2.22. The zero-order chi connectivity index (χ0) is 28.2. The molecule has 210 valence electrons. The molecule has 9 nitrogen and oxygen atoms in total. The molecule has 1 saturated carbocycles. The number of amides is 1. The molecule has 1 aliphatic rings. The van der Waals surface area contributed by atoms with Crippen LogP contribution >= 0.6 is 11.3 Å². The summed E-state index contributed by atoms with van der Waals surface area (Å²) in [5.41, 5.74) is 2.36. The van der Waals surface area contributed by atoms with Crippen molar-refractivity contribution >= 4 is 39.2 Å². The highest BCUT2D eigenvalue weighted by Gasteiger charge is 2.21. The molecule has 0 bridgehead atoms. The summed E-state index contributed by atoms with van der Waals surface area (Å²) in [5, 5.41) is 12.9. The standard InChI is InChI=1S/C31H32N6O3S/c1-20-18-33-31(41-20)35-30(38)22-10-14-25(15-11-22)40-26-16-17-32-29-27(26)28(34-23-6-4-3-5-7-23)36-37(29)19-21-8-12-24(39-2)13-9-21/h8-18,23H,3-7,19H2,1-2H3,(H,34,36)(H,33,35,38). The maximum Gasteiger partial charge on any atom is 0.257 e. The van der Waals surface area contributed by atoms with Crippen molar-refractivity contribution in [1.82, 2.24) is 19.7 Å². The zero-order valence-corrected chi connectivity index (χ0v) is 23.9. The van der Waals surface area contributed by atoms with Crippen LogP contribution in [-0.2, 0) is 6.54 Å². The van der Waals surface area contributed by atoms with Crippen LogP contribution in [-0.4, -0.2) is 38.8 Å². The Balaban J connectivity index is 1.28. The van der Waals surface area contributed by atoms with Gasteiger partial charge in [-0.1, -0.05) is 31.4 Å². The number of benzene rings is 2. The Labute approximate surface area is 242 Å². The Morgan fingerprint density at radius 3 is 2.46 bits per heavy atom. The number of anilines is 2. The third-order valence-corrected chi connectivity index (χ3v) is 8.05. The number of hydrogen-bond donors (Lipinski definition) is 2. The van der Waals surface area contributed by atoms with Gasteiger partial charge < -0.3 is 14.8 Å². The van der Waals surface area contributed by atoms with Gasteiger partial charge in [-0.2, -0.15) is 5.10 Å². The van der Waals surface area contributed by atoms with Gasteiger partial charge in [-0.3, -0.25) is 10.1 Å². The van der Waals surface area contributed by atoms with Gasteiger partial charge in [0.25, 0.3) is 5.91 Å². The lowest BCUT2D eigenvalue weighted by Crippen LogP contribution is -2.22. The van der Waals surface area contributed by atoms with E-state index >= 15 is 0 Å². The molecule has 0 atom stereocenters. The van der Waals surface area contributed by atoms with E-state index in [4.69, 9.17) is 19.6 Å². The van der Waals surface area contributed by atoms with Gasteiger partial charge in [-0.25, -0.2) is 14.6 Å². The molecule has 0 radical (unpaired) electrons. The van der Waals surface area contributed by atoms with Gasteiger partial charge in [0.1, 0.15) is 22.6 Å². The first-order chi connectivity index (χ1) is 20.1. The highest BCUT2D eigenvalue weighted by molar-refractivity contribution is 7.15. The van der Waals surface area contributed by atoms with Crippen molar-refractivity contribution in [2.24, 2.45) is 0 Å². The molecule has 1 aliphatic carbocycles. The number of nitrogens with one attached hydrogen (secondary N) is 2. The fourth-order valence-electron chi connectivity index (χ4n) is 5.09. The van der Waals surface area contributed by atoms with Crippen molar-refractivity contribution in [2.45, 2.75) is 51.6 Å². The average Bonchev–Trinajstić information content (AvgIpc) is 3.57. The number of ether oxygens (including phenoxy) is 2. The molecule has 2 N–H and O–H groups in total. The van der Waals surface area contributed by atoms with Gasteiger partial charge in [0.2, 0.25) is 0 Å². The number of fused-ring (bicyclic) bond motifs is 1. The minimum absolute atomic E-state index is 0.212. The summed E-state index contributed by atoms with van der Waals surface area (Å²) in [6.45, 7) is 2.51. The Morgan fingerprint density at radius 2 is 1.76 bits per heavy atom. The molecule has 0 unspecified atom stereocenters. The molecular formula is C31H32N6O3S. The molecule has 41 heavy (non-hydrogen) atoms. The van der Waals surface area contributed by atoms with Crippen LogP contribution in [0.2, 0.25) is 0 Å². The van der Waals surface area contributed by atoms with Crippen LogP contribution in [0.5, 0.6) is 17.2 Å². The Kier molecular flexibility index (Phi) is 7.82. The molecule has 1 amide bonds. The number of pyridine rings is 1. The summed E-state index contributed by atoms with van der Waals surface area (Å²) in [5.74, 6) is 2.65. The molecule has 3 aromatic heterocycles. The van der Waals surface area contributed by atoms with E-state index in [1.807, 2.05) is 41.9 Å². The van der Waals surface area contributed by atoms with Gasteiger partial charge in [0.05, 0.1) is 13.7 Å². The second-order valence-electron chi connectivity index (χ2n) is 10.2. The predicted molar refractivity (Wildman–Crippen MR) is 161 cm³/mol. The fraction of sp³-hybridized carbons (Fsp3) is 0.290. The second kappa shape index (κ2) is 12.0. The highest BCUT2D eigenvalue weighted by Crippen LogP contribution is 2.36. The smallest absolute Gasteiger partial charge is 0.257 e. The number of carbonyl (C=O) groups excluding carboxylic acids is 1. The summed E-state index contributed by atoms with van der Waals surface area (Å²) in [4.78, 5) is 22.6. The minimum atomic E-state index is -0.212. The minimum Gasteiger partial charge on any atom is -0.497 e. The van der Waals surface area contributed by atoms with Crippen molar-refractivity contribution in [2.75, 3.05) is 17.7 Å². The first kappa shape index (κ1) is 26.8. The van der Waals surface area contributed by atoms with Crippen molar-refractivity contribution in [3.63, 3.8) is 0 Å². The van der Waals surface area contributed by atoms with Crippen LogP contribution in [0.15, 0.2) is 67.0 Å². The first-order valence-corrected chi connectivity index (χ1v) is 14.6. The Morgan fingerprint density at radius 1 is 1.00 bits per heavy atom. The number of thiazole rings is 1. The van der Waals surface area contributed by atoms with Gasteiger partial charge in [0.15, 0.2) is 16.6 Å². The molecule has 0 spiro atoms. The summed E-state index contributed by atoms with van der Waals surface area (Å²) < 4.78 is 13.6. The van der Waals surface area contributed by atoms with E-state index in [-0.39, 0.29) is 5.91 Å². The maximum atomic E-state index is 12.7. The number of carbonyl (C=O) groups is 1. The lowest BCUT2D eigenvalue weighted by atomic mass is 9.95. The van der Waals surface area contributed by atoms with Crippen molar-refractivity contribution in [1.29, 1.82) is 0 Å². The summed E-state index contributed by atoms with van der Waals surface area (Å²) in [6.07, 6.45) is 9.42. The number of aromatic nitrogens is 4. The molecule has 0 aliphatic heterocycles. The number of hydrogen-bond acceptors (Lipinski definition) is 8.